The normalized spacial score (nSPS) is 35.8. The molecule has 2 fully saturated rings. The SMILES string of the molecule is CC(C)NCC1CCCOC1C1CCOC1. The highest BCUT2D eigenvalue weighted by Gasteiger charge is 2.34. The van der Waals surface area contributed by atoms with Crippen molar-refractivity contribution in [1.29, 1.82) is 0 Å². The maximum absolute atomic E-state index is 5.99. The molecule has 0 aliphatic carbocycles. The zero-order chi connectivity index (χ0) is 11.4. The molecule has 0 aromatic rings. The summed E-state index contributed by atoms with van der Waals surface area (Å²) in [7, 11) is 0. The Morgan fingerprint density at radius 3 is 2.81 bits per heavy atom. The lowest BCUT2D eigenvalue weighted by atomic mass is 9.85. The quantitative estimate of drug-likeness (QED) is 0.794. The number of hydrogen-bond acceptors (Lipinski definition) is 3. The maximum atomic E-state index is 5.99. The molecule has 0 aromatic carbocycles. The lowest BCUT2D eigenvalue weighted by Gasteiger charge is -2.35. The van der Waals surface area contributed by atoms with Gasteiger partial charge in [0.1, 0.15) is 0 Å². The smallest absolute Gasteiger partial charge is 0.0666 e. The summed E-state index contributed by atoms with van der Waals surface area (Å²) in [4.78, 5) is 0. The van der Waals surface area contributed by atoms with E-state index in [0.29, 0.717) is 24.0 Å². The Kier molecular flexibility index (Phi) is 4.62. The van der Waals surface area contributed by atoms with Crippen molar-refractivity contribution in [3.8, 4) is 0 Å². The third-order valence-electron chi connectivity index (χ3n) is 3.71. The summed E-state index contributed by atoms with van der Waals surface area (Å²) < 4.78 is 11.5. The van der Waals surface area contributed by atoms with Crippen LogP contribution in [0.4, 0.5) is 0 Å². The van der Waals surface area contributed by atoms with Gasteiger partial charge >= 0.3 is 0 Å². The minimum absolute atomic E-state index is 0.433. The zero-order valence-corrected chi connectivity index (χ0v) is 10.6. The molecule has 2 rings (SSSR count). The highest BCUT2D eigenvalue weighted by atomic mass is 16.5. The largest absolute Gasteiger partial charge is 0.381 e. The van der Waals surface area contributed by atoms with Crippen LogP contribution in [0.3, 0.4) is 0 Å². The van der Waals surface area contributed by atoms with Gasteiger partial charge in [-0.15, -0.1) is 0 Å². The summed E-state index contributed by atoms with van der Waals surface area (Å²) in [6, 6.07) is 0.572. The van der Waals surface area contributed by atoms with E-state index < -0.39 is 0 Å². The molecule has 0 spiro atoms. The third kappa shape index (κ3) is 3.19. The highest BCUT2D eigenvalue weighted by Crippen LogP contribution is 2.30. The molecule has 0 aromatic heterocycles. The Balaban J connectivity index is 1.85. The van der Waals surface area contributed by atoms with E-state index in [2.05, 4.69) is 19.2 Å². The molecule has 0 bridgehead atoms. The predicted molar refractivity (Wildman–Crippen MR) is 64.5 cm³/mol. The van der Waals surface area contributed by atoms with Crippen LogP contribution in [0.25, 0.3) is 0 Å². The molecule has 0 radical (unpaired) electrons. The van der Waals surface area contributed by atoms with Crippen molar-refractivity contribution < 1.29 is 9.47 Å². The summed E-state index contributed by atoms with van der Waals surface area (Å²) in [5, 5.41) is 3.55. The molecule has 3 unspecified atom stereocenters. The van der Waals surface area contributed by atoms with Gasteiger partial charge < -0.3 is 14.8 Å². The summed E-state index contributed by atoms with van der Waals surface area (Å²) in [6.45, 7) is 8.28. The molecule has 3 atom stereocenters. The first-order valence-corrected chi connectivity index (χ1v) is 6.70. The fourth-order valence-electron chi connectivity index (χ4n) is 2.80. The van der Waals surface area contributed by atoms with Gasteiger partial charge in [-0.05, 0) is 25.2 Å². The minimum Gasteiger partial charge on any atom is -0.381 e. The first-order valence-electron chi connectivity index (χ1n) is 6.70. The van der Waals surface area contributed by atoms with E-state index in [9.17, 15) is 0 Å². The average molecular weight is 227 g/mol. The van der Waals surface area contributed by atoms with Crippen LogP contribution in [-0.2, 0) is 9.47 Å². The van der Waals surface area contributed by atoms with E-state index in [1.54, 1.807) is 0 Å². The molecule has 1 N–H and O–H groups in total. The lowest BCUT2D eigenvalue weighted by Crippen LogP contribution is -2.42. The fourth-order valence-corrected chi connectivity index (χ4v) is 2.80. The molecule has 2 heterocycles. The van der Waals surface area contributed by atoms with Gasteiger partial charge in [-0.2, -0.15) is 0 Å². The van der Waals surface area contributed by atoms with E-state index in [0.717, 1.165) is 26.4 Å². The molecule has 3 heteroatoms. The van der Waals surface area contributed by atoms with Crippen molar-refractivity contribution in [3.05, 3.63) is 0 Å². The van der Waals surface area contributed by atoms with Crippen LogP contribution in [-0.4, -0.2) is 38.5 Å². The molecule has 2 aliphatic rings. The van der Waals surface area contributed by atoms with Crippen LogP contribution >= 0.6 is 0 Å². The second-order valence-electron chi connectivity index (χ2n) is 5.42. The maximum Gasteiger partial charge on any atom is 0.0666 e. The van der Waals surface area contributed by atoms with Crippen LogP contribution in [0.1, 0.15) is 33.1 Å². The Bertz CT molecular complexity index is 202. The minimum atomic E-state index is 0.433. The first kappa shape index (κ1) is 12.3. The van der Waals surface area contributed by atoms with Crippen LogP contribution < -0.4 is 5.32 Å². The van der Waals surface area contributed by atoms with E-state index in [-0.39, 0.29) is 0 Å². The molecular weight excluding hydrogens is 202 g/mol. The van der Waals surface area contributed by atoms with Crippen LogP contribution in [0.2, 0.25) is 0 Å². The van der Waals surface area contributed by atoms with Gasteiger partial charge in [-0.1, -0.05) is 13.8 Å². The van der Waals surface area contributed by atoms with Gasteiger partial charge in [-0.3, -0.25) is 0 Å². The van der Waals surface area contributed by atoms with Crippen LogP contribution in [0.5, 0.6) is 0 Å². The van der Waals surface area contributed by atoms with Crippen LogP contribution in [0.15, 0.2) is 0 Å². The molecule has 2 aliphatic heterocycles. The van der Waals surface area contributed by atoms with Gasteiger partial charge in [0, 0.05) is 31.7 Å². The molecule has 0 amide bonds. The lowest BCUT2D eigenvalue weighted by molar-refractivity contribution is -0.0610. The number of ether oxygens (including phenoxy) is 2. The van der Waals surface area contributed by atoms with Crippen LogP contribution in [0, 0.1) is 11.8 Å². The third-order valence-corrected chi connectivity index (χ3v) is 3.71. The Morgan fingerprint density at radius 2 is 2.12 bits per heavy atom. The van der Waals surface area contributed by atoms with Gasteiger partial charge in [0.25, 0.3) is 0 Å². The standard InChI is InChI=1S/C13H25NO2/c1-10(2)14-8-11-4-3-6-16-13(11)12-5-7-15-9-12/h10-14H,3-9H2,1-2H3. The van der Waals surface area contributed by atoms with Gasteiger partial charge in [0.15, 0.2) is 0 Å². The van der Waals surface area contributed by atoms with Crippen molar-refractivity contribution in [2.45, 2.75) is 45.3 Å². The number of rotatable bonds is 4. The van der Waals surface area contributed by atoms with Gasteiger partial charge in [0.2, 0.25) is 0 Å². The number of nitrogens with one attached hydrogen (secondary N) is 1. The second-order valence-corrected chi connectivity index (χ2v) is 5.42. The highest BCUT2D eigenvalue weighted by molar-refractivity contribution is 4.84. The molecule has 3 nitrogen and oxygen atoms in total. The first-order chi connectivity index (χ1) is 7.77. The van der Waals surface area contributed by atoms with E-state index in [4.69, 9.17) is 9.47 Å². The zero-order valence-electron chi connectivity index (χ0n) is 10.6. The Hall–Kier alpha value is -0.120. The molecule has 0 saturated carbocycles. The molecule has 94 valence electrons. The van der Waals surface area contributed by atoms with E-state index in [1.807, 2.05) is 0 Å². The monoisotopic (exact) mass is 227 g/mol. The van der Waals surface area contributed by atoms with Gasteiger partial charge in [0.05, 0.1) is 12.7 Å². The van der Waals surface area contributed by atoms with Crippen molar-refractivity contribution >= 4 is 0 Å². The summed E-state index contributed by atoms with van der Waals surface area (Å²) in [5.74, 6) is 1.32. The second kappa shape index (κ2) is 5.99. The summed E-state index contributed by atoms with van der Waals surface area (Å²) in [5.41, 5.74) is 0. The molecule has 2 saturated heterocycles. The van der Waals surface area contributed by atoms with Crippen molar-refractivity contribution in [3.63, 3.8) is 0 Å². The average Bonchev–Trinajstić information content (AvgIpc) is 2.80. The Morgan fingerprint density at radius 1 is 1.25 bits per heavy atom. The summed E-state index contributed by atoms with van der Waals surface area (Å²) in [6.07, 6.45) is 4.14. The van der Waals surface area contributed by atoms with E-state index >= 15 is 0 Å². The number of hydrogen-bond donors (Lipinski definition) is 1. The predicted octanol–water partition coefficient (Wildman–Crippen LogP) is 1.82. The molecular formula is C13H25NO2. The van der Waals surface area contributed by atoms with Gasteiger partial charge in [-0.25, -0.2) is 0 Å². The molecule has 16 heavy (non-hydrogen) atoms. The van der Waals surface area contributed by atoms with Crippen molar-refractivity contribution in [2.75, 3.05) is 26.4 Å². The Labute approximate surface area is 98.9 Å². The van der Waals surface area contributed by atoms with E-state index in [1.165, 1.54) is 19.3 Å². The fraction of sp³-hybridized carbons (Fsp3) is 1.00. The van der Waals surface area contributed by atoms with Crippen molar-refractivity contribution in [1.82, 2.24) is 5.32 Å². The summed E-state index contributed by atoms with van der Waals surface area (Å²) >= 11 is 0. The van der Waals surface area contributed by atoms with Crippen molar-refractivity contribution in [2.24, 2.45) is 11.8 Å². The topological polar surface area (TPSA) is 30.5 Å².